The average Bonchev–Trinajstić information content (AvgIpc) is 0.811. The monoisotopic (exact) mass is 257 g/mol. The van der Waals surface area contributed by atoms with Crippen molar-refractivity contribution in [3.8, 4) is 0 Å². The maximum absolute atomic E-state index is 8.36. The van der Waals surface area contributed by atoms with Gasteiger partial charge in [-0.3, -0.25) is 0 Å². The fraction of sp³-hybridized carbons (Fsp3) is 0. The molecule has 0 atom stereocenters. The SMILES string of the molecule is I.O=[N+]([O-])O.[KH].[MgH2]. The molecule has 0 heterocycles. The second-order valence-corrected chi connectivity index (χ2v) is 0.238. The van der Waals surface area contributed by atoms with Crippen LogP contribution in [0.2, 0.25) is 0 Å². The van der Waals surface area contributed by atoms with Crippen molar-refractivity contribution < 1.29 is 10.3 Å². The third kappa shape index (κ3) is 61.4. The van der Waals surface area contributed by atoms with Gasteiger partial charge in [-0.15, -0.1) is 34.1 Å². The summed E-state index contributed by atoms with van der Waals surface area (Å²) in [6, 6.07) is 0. The summed E-state index contributed by atoms with van der Waals surface area (Å²) in [6.07, 6.45) is 0. The molecule has 0 bridgehead atoms. The molecule has 0 aliphatic rings. The largest absolute Gasteiger partial charge is 0.316 e. The summed E-state index contributed by atoms with van der Waals surface area (Å²) in [5.74, 6) is 0. The van der Waals surface area contributed by atoms with Crippen molar-refractivity contribution in [1.29, 1.82) is 0 Å². The van der Waals surface area contributed by atoms with E-state index in [1.54, 1.807) is 0 Å². The van der Waals surface area contributed by atoms with Crippen LogP contribution in [0.5, 0.6) is 0 Å². The van der Waals surface area contributed by atoms with Crippen molar-refractivity contribution >= 4 is 98.4 Å². The molecular formula is H5IKMgNO3. The van der Waals surface area contributed by atoms with Crippen LogP contribution in [0.3, 0.4) is 0 Å². The molecule has 4 nitrogen and oxygen atoms in total. The van der Waals surface area contributed by atoms with E-state index in [0.29, 0.717) is 0 Å². The summed E-state index contributed by atoms with van der Waals surface area (Å²) in [7, 11) is 0. The van der Waals surface area contributed by atoms with Crippen molar-refractivity contribution in [3.63, 3.8) is 0 Å². The summed E-state index contributed by atoms with van der Waals surface area (Å²) >= 11 is 0. The van der Waals surface area contributed by atoms with Gasteiger partial charge in [-0.25, -0.2) is 0 Å². The molecule has 0 aliphatic carbocycles. The number of hydrogen-bond acceptors (Lipinski definition) is 2. The van der Waals surface area contributed by atoms with E-state index in [9.17, 15) is 0 Å². The van der Waals surface area contributed by atoms with Gasteiger partial charge in [0.05, 0.1) is 0 Å². The van der Waals surface area contributed by atoms with E-state index >= 15 is 0 Å². The Hall–Kier alpha value is 2.33. The minimum atomic E-state index is -1.50. The van der Waals surface area contributed by atoms with E-state index in [1.165, 1.54) is 0 Å². The predicted octanol–water partition coefficient (Wildman–Crippen LogP) is -1.29. The van der Waals surface area contributed by atoms with Gasteiger partial charge in [-0.2, -0.15) is 0 Å². The Morgan fingerprint density at radius 1 is 1.57 bits per heavy atom. The molecule has 38 valence electrons. The van der Waals surface area contributed by atoms with Crippen LogP contribution in [-0.2, 0) is 0 Å². The Bertz CT molecular complexity index is 37.9. The van der Waals surface area contributed by atoms with Crippen molar-refractivity contribution in [3.05, 3.63) is 10.1 Å². The zero-order chi connectivity index (χ0) is 3.58. The molecule has 0 saturated heterocycles. The number of halogens is 1. The maximum Gasteiger partial charge on any atom is 0.316 e. The molecular weight excluding hydrogens is 252 g/mol. The fourth-order valence-corrected chi connectivity index (χ4v) is 0. The Morgan fingerprint density at radius 3 is 1.57 bits per heavy atom. The Kier molecular flexibility index (Phi) is 51.3. The number of nitrogens with zero attached hydrogens (tertiary/aromatic N) is 1. The van der Waals surface area contributed by atoms with Gasteiger partial charge in [0.1, 0.15) is 0 Å². The summed E-state index contributed by atoms with van der Waals surface area (Å²) < 4.78 is 0. The van der Waals surface area contributed by atoms with Gasteiger partial charge in [0.25, 0.3) is 5.09 Å². The molecule has 0 spiro atoms. The summed E-state index contributed by atoms with van der Waals surface area (Å²) in [5.41, 5.74) is 0. The predicted molar refractivity (Wildman–Crippen MR) is 39.9 cm³/mol. The molecule has 1 N–H and O–H groups in total. The zero-order valence-electron chi connectivity index (χ0n) is 2.12. The first-order valence-electron chi connectivity index (χ1n) is 0.565. The van der Waals surface area contributed by atoms with Gasteiger partial charge < -0.3 is 5.21 Å². The van der Waals surface area contributed by atoms with Gasteiger partial charge in [-0.1, -0.05) is 0 Å². The molecule has 7 heteroatoms. The van der Waals surface area contributed by atoms with E-state index in [-0.39, 0.29) is 98.4 Å². The standard InChI is InChI=1S/HI.K.Mg.HNO3.3H/c;;;2-1(3)4;;;/h1H;;;(H,2,3,4);;;. The number of rotatable bonds is 0. The van der Waals surface area contributed by atoms with Gasteiger partial charge in [0.2, 0.25) is 0 Å². The van der Waals surface area contributed by atoms with Crippen LogP contribution < -0.4 is 0 Å². The van der Waals surface area contributed by atoms with Gasteiger partial charge in [0, 0.05) is 0 Å². The Morgan fingerprint density at radius 2 is 1.57 bits per heavy atom. The van der Waals surface area contributed by atoms with E-state index in [0.717, 1.165) is 0 Å². The van der Waals surface area contributed by atoms with Crippen molar-refractivity contribution in [2.75, 3.05) is 0 Å². The van der Waals surface area contributed by atoms with Gasteiger partial charge >= 0.3 is 74.4 Å². The van der Waals surface area contributed by atoms with Gasteiger partial charge in [-0.05, 0) is 0 Å². The van der Waals surface area contributed by atoms with E-state index in [2.05, 4.69) is 0 Å². The van der Waals surface area contributed by atoms with Crippen LogP contribution in [0.1, 0.15) is 0 Å². The van der Waals surface area contributed by atoms with Crippen LogP contribution >= 0.6 is 24.0 Å². The molecule has 0 amide bonds. The Labute approximate surface area is 116 Å². The minimum absolute atomic E-state index is 0. The number of hydrogen-bond donors (Lipinski definition) is 1. The first-order valence-corrected chi connectivity index (χ1v) is 0.565. The van der Waals surface area contributed by atoms with Crippen LogP contribution in [0.4, 0.5) is 0 Å². The second kappa shape index (κ2) is 15.8. The van der Waals surface area contributed by atoms with Crippen LogP contribution in [-0.4, -0.2) is 84.7 Å². The minimum Gasteiger partial charge on any atom is 0.316 e. The maximum atomic E-state index is 8.36. The van der Waals surface area contributed by atoms with E-state index < -0.39 is 5.09 Å². The Balaban J connectivity index is -0.0000000150. The molecule has 0 aliphatic heterocycles. The summed E-state index contributed by atoms with van der Waals surface area (Å²) in [5, 5.41) is 13.6. The molecule has 0 rings (SSSR count). The zero-order valence-corrected chi connectivity index (χ0v) is 4.45. The fourth-order valence-electron chi connectivity index (χ4n) is 0. The summed E-state index contributed by atoms with van der Waals surface area (Å²) in [6.45, 7) is 0. The van der Waals surface area contributed by atoms with E-state index in [1.807, 2.05) is 0 Å². The molecule has 0 radical (unpaired) electrons. The third-order valence-corrected chi connectivity index (χ3v) is 0. The molecule has 0 aromatic carbocycles. The molecule has 0 aromatic rings. The smallest absolute Gasteiger partial charge is 0.316 e. The topological polar surface area (TPSA) is 63.4 Å². The van der Waals surface area contributed by atoms with Crippen LogP contribution in [0.15, 0.2) is 0 Å². The third-order valence-electron chi connectivity index (χ3n) is 0. The normalized spacial score (nSPS) is 3.43. The quantitative estimate of drug-likeness (QED) is 0.254. The first kappa shape index (κ1) is 22.8. The molecule has 0 unspecified atom stereocenters. The average molecular weight is 257 g/mol. The van der Waals surface area contributed by atoms with E-state index in [4.69, 9.17) is 15.3 Å². The van der Waals surface area contributed by atoms with Crippen LogP contribution in [0, 0.1) is 10.1 Å². The molecule has 7 heavy (non-hydrogen) atoms. The molecule has 0 fully saturated rings. The van der Waals surface area contributed by atoms with Crippen molar-refractivity contribution in [1.82, 2.24) is 0 Å². The molecule has 0 aromatic heterocycles. The second-order valence-electron chi connectivity index (χ2n) is 0.238. The summed E-state index contributed by atoms with van der Waals surface area (Å²) in [4.78, 5) is 8.36. The molecule has 0 saturated carbocycles. The first-order chi connectivity index (χ1) is 1.73. The van der Waals surface area contributed by atoms with Crippen molar-refractivity contribution in [2.24, 2.45) is 0 Å². The van der Waals surface area contributed by atoms with Crippen LogP contribution in [0.25, 0.3) is 0 Å². The van der Waals surface area contributed by atoms with Crippen molar-refractivity contribution in [2.45, 2.75) is 0 Å². The van der Waals surface area contributed by atoms with Gasteiger partial charge in [0.15, 0.2) is 0 Å².